The maximum atomic E-state index is 12.4. The molecule has 2 aromatic heterocycles. The number of anilines is 1. The van der Waals surface area contributed by atoms with Crippen LogP contribution in [0, 0.1) is 11.3 Å². The highest BCUT2D eigenvalue weighted by molar-refractivity contribution is 9.10. The molecule has 0 radical (unpaired) electrons. The van der Waals surface area contributed by atoms with E-state index in [4.69, 9.17) is 5.26 Å². The standard InChI is InChI=1S/C14H9BrN4O2S/c15-10-4-11(8-17-7-10)22(20,21)19-13-3-1-2-12-9(5-16)6-18-14(12)13/h1-4,6-8,18-19H. The van der Waals surface area contributed by atoms with Gasteiger partial charge < -0.3 is 4.98 Å². The van der Waals surface area contributed by atoms with E-state index in [1.54, 1.807) is 24.4 Å². The number of sulfonamides is 1. The molecular formula is C14H9BrN4O2S. The Kier molecular flexibility index (Phi) is 3.60. The van der Waals surface area contributed by atoms with Crippen molar-refractivity contribution in [2.75, 3.05) is 4.72 Å². The van der Waals surface area contributed by atoms with Crippen molar-refractivity contribution in [3.05, 3.63) is 52.9 Å². The Hall–Kier alpha value is -2.37. The van der Waals surface area contributed by atoms with Crippen LogP contribution in [0.5, 0.6) is 0 Å². The van der Waals surface area contributed by atoms with Crippen LogP contribution in [0.15, 0.2) is 52.2 Å². The van der Waals surface area contributed by atoms with Gasteiger partial charge in [0.15, 0.2) is 0 Å². The lowest BCUT2D eigenvalue weighted by Crippen LogP contribution is -2.13. The molecule has 0 saturated carbocycles. The molecule has 2 N–H and O–H groups in total. The van der Waals surface area contributed by atoms with E-state index in [9.17, 15) is 8.42 Å². The number of nitrogens with zero attached hydrogens (tertiary/aromatic N) is 2. The number of fused-ring (bicyclic) bond motifs is 1. The fraction of sp³-hybridized carbons (Fsp3) is 0. The van der Waals surface area contributed by atoms with Gasteiger partial charge >= 0.3 is 0 Å². The lowest BCUT2D eigenvalue weighted by Gasteiger charge is -2.09. The topological polar surface area (TPSA) is 98.6 Å². The maximum absolute atomic E-state index is 12.4. The third-order valence-corrected chi connectivity index (χ3v) is 4.84. The number of aromatic amines is 1. The first-order valence-corrected chi connectivity index (χ1v) is 8.42. The van der Waals surface area contributed by atoms with Gasteiger partial charge in [0.1, 0.15) is 11.0 Å². The Morgan fingerprint density at radius 3 is 2.86 bits per heavy atom. The van der Waals surface area contributed by atoms with Crippen molar-refractivity contribution in [2.24, 2.45) is 0 Å². The minimum atomic E-state index is -3.77. The number of nitriles is 1. The van der Waals surface area contributed by atoms with E-state index in [0.717, 1.165) is 0 Å². The van der Waals surface area contributed by atoms with E-state index in [0.29, 0.717) is 26.6 Å². The number of hydrogen-bond acceptors (Lipinski definition) is 4. The molecular weight excluding hydrogens is 368 g/mol. The summed E-state index contributed by atoms with van der Waals surface area (Å²) >= 11 is 3.20. The van der Waals surface area contributed by atoms with Crippen molar-refractivity contribution < 1.29 is 8.42 Å². The van der Waals surface area contributed by atoms with Gasteiger partial charge in [-0.3, -0.25) is 9.71 Å². The predicted octanol–water partition coefficient (Wildman–Crippen LogP) is 3.00. The molecule has 22 heavy (non-hydrogen) atoms. The highest BCUT2D eigenvalue weighted by atomic mass is 79.9. The molecule has 0 unspecified atom stereocenters. The number of hydrogen-bond donors (Lipinski definition) is 2. The highest BCUT2D eigenvalue weighted by Crippen LogP contribution is 2.27. The number of H-pyrrole nitrogens is 1. The number of para-hydroxylation sites is 1. The zero-order chi connectivity index (χ0) is 15.7. The molecule has 0 atom stereocenters. The Morgan fingerprint density at radius 1 is 1.32 bits per heavy atom. The van der Waals surface area contributed by atoms with Gasteiger partial charge in [-0.25, -0.2) is 8.42 Å². The minimum Gasteiger partial charge on any atom is -0.358 e. The molecule has 0 aliphatic heterocycles. The van der Waals surface area contributed by atoms with Crippen molar-refractivity contribution in [1.29, 1.82) is 5.26 Å². The summed E-state index contributed by atoms with van der Waals surface area (Å²) in [6.07, 6.45) is 4.32. The summed E-state index contributed by atoms with van der Waals surface area (Å²) in [5, 5.41) is 9.70. The summed E-state index contributed by atoms with van der Waals surface area (Å²) in [7, 11) is -3.77. The smallest absolute Gasteiger partial charge is 0.263 e. The Bertz CT molecular complexity index is 1010. The molecule has 3 rings (SSSR count). The first kappa shape index (κ1) is 14.6. The molecule has 0 saturated heterocycles. The van der Waals surface area contributed by atoms with Crippen molar-refractivity contribution >= 4 is 42.5 Å². The van der Waals surface area contributed by atoms with Gasteiger partial charge in [-0.15, -0.1) is 0 Å². The zero-order valence-corrected chi connectivity index (χ0v) is 13.4. The fourth-order valence-electron chi connectivity index (χ4n) is 2.07. The van der Waals surface area contributed by atoms with Crippen molar-refractivity contribution in [2.45, 2.75) is 4.90 Å². The molecule has 8 heteroatoms. The number of nitrogens with one attached hydrogen (secondary N) is 2. The highest BCUT2D eigenvalue weighted by Gasteiger charge is 2.17. The quantitative estimate of drug-likeness (QED) is 0.733. The molecule has 0 spiro atoms. The van der Waals surface area contributed by atoms with Crippen molar-refractivity contribution in [3.63, 3.8) is 0 Å². The Balaban J connectivity index is 2.07. The summed E-state index contributed by atoms with van der Waals surface area (Å²) in [5.41, 5.74) is 1.39. The van der Waals surface area contributed by atoms with Crippen LogP contribution in [-0.2, 0) is 10.0 Å². The first-order valence-electron chi connectivity index (χ1n) is 6.15. The second-order valence-corrected chi connectivity index (χ2v) is 7.08. The molecule has 3 aromatic rings. The Morgan fingerprint density at radius 2 is 2.14 bits per heavy atom. The lowest BCUT2D eigenvalue weighted by atomic mass is 10.2. The molecule has 1 aromatic carbocycles. The van der Waals surface area contributed by atoms with E-state index < -0.39 is 10.0 Å². The van der Waals surface area contributed by atoms with E-state index in [-0.39, 0.29) is 4.90 Å². The molecule has 0 amide bonds. The van der Waals surface area contributed by atoms with E-state index >= 15 is 0 Å². The summed E-state index contributed by atoms with van der Waals surface area (Å²) in [5.74, 6) is 0. The maximum Gasteiger partial charge on any atom is 0.263 e. The van der Waals surface area contributed by atoms with Crippen LogP contribution < -0.4 is 4.72 Å². The second-order valence-electron chi connectivity index (χ2n) is 4.49. The summed E-state index contributed by atoms with van der Waals surface area (Å²) in [6, 6.07) is 8.59. The molecule has 0 fully saturated rings. The van der Waals surface area contributed by atoms with Gasteiger partial charge in [0.25, 0.3) is 10.0 Å². The summed E-state index contributed by atoms with van der Waals surface area (Å²) in [4.78, 5) is 6.82. The molecule has 0 aliphatic carbocycles. The third kappa shape index (κ3) is 2.56. The number of aromatic nitrogens is 2. The third-order valence-electron chi connectivity index (χ3n) is 3.07. The van der Waals surface area contributed by atoms with E-state index in [1.807, 2.05) is 0 Å². The van der Waals surface area contributed by atoms with Gasteiger partial charge in [-0.05, 0) is 28.1 Å². The monoisotopic (exact) mass is 376 g/mol. The van der Waals surface area contributed by atoms with Crippen LogP contribution in [0.3, 0.4) is 0 Å². The summed E-state index contributed by atoms with van der Waals surface area (Å²) in [6.45, 7) is 0. The van der Waals surface area contributed by atoms with Gasteiger partial charge in [-0.2, -0.15) is 5.26 Å². The average Bonchev–Trinajstić information content (AvgIpc) is 2.91. The van der Waals surface area contributed by atoms with Gasteiger partial charge in [0.05, 0.1) is 16.8 Å². The number of pyridine rings is 1. The van der Waals surface area contributed by atoms with Crippen LogP contribution in [-0.4, -0.2) is 18.4 Å². The van der Waals surface area contributed by atoms with Crippen LogP contribution in [0.1, 0.15) is 5.56 Å². The average molecular weight is 377 g/mol. The SMILES string of the molecule is N#Cc1c[nH]c2c(NS(=O)(=O)c3cncc(Br)c3)cccc12. The zero-order valence-electron chi connectivity index (χ0n) is 11.0. The van der Waals surface area contributed by atoms with E-state index in [2.05, 4.69) is 36.7 Å². The molecule has 0 aliphatic rings. The fourth-order valence-corrected chi connectivity index (χ4v) is 3.65. The van der Waals surface area contributed by atoms with Crippen LogP contribution >= 0.6 is 15.9 Å². The largest absolute Gasteiger partial charge is 0.358 e. The van der Waals surface area contributed by atoms with Crippen molar-refractivity contribution in [1.82, 2.24) is 9.97 Å². The van der Waals surface area contributed by atoms with Crippen molar-refractivity contribution in [3.8, 4) is 6.07 Å². The predicted molar refractivity (Wildman–Crippen MR) is 85.8 cm³/mol. The minimum absolute atomic E-state index is 0.0472. The van der Waals surface area contributed by atoms with Gasteiger partial charge in [0, 0.05) is 28.4 Å². The van der Waals surface area contributed by atoms with Crippen LogP contribution in [0.2, 0.25) is 0 Å². The molecule has 2 heterocycles. The van der Waals surface area contributed by atoms with Crippen LogP contribution in [0.4, 0.5) is 5.69 Å². The summed E-state index contributed by atoms with van der Waals surface area (Å²) < 4.78 is 27.9. The first-order chi connectivity index (χ1) is 10.5. The number of benzene rings is 1. The van der Waals surface area contributed by atoms with Gasteiger partial charge in [-0.1, -0.05) is 12.1 Å². The van der Waals surface area contributed by atoms with Gasteiger partial charge in [0.2, 0.25) is 0 Å². The number of rotatable bonds is 3. The molecule has 0 bridgehead atoms. The lowest BCUT2D eigenvalue weighted by molar-refractivity contribution is 0.601. The normalized spacial score (nSPS) is 11.3. The molecule has 6 nitrogen and oxygen atoms in total. The van der Waals surface area contributed by atoms with E-state index in [1.165, 1.54) is 18.5 Å². The molecule has 110 valence electrons. The van der Waals surface area contributed by atoms with Crippen LogP contribution in [0.25, 0.3) is 10.9 Å². The Labute approximate surface area is 135 Å². The second kappa shape index (κ2) is 5.44. The number of halogens is 1.